The number of nitriles is 1. The first-order chi connectivity index (χ1) is 30.2. The van der Waals surface area contributed by atoms with Crippen LogP contribution in [-0.4, -0.2) is 51.4 Å². The fraction of sp³-hybridized carbons (Fsp3) is 0.509. The zero-order valence-electron chi connectivity index (χ0n) is 38.7. The minimum atomic E-state index is -0.848. The van der Waals surface area contributed by atoms with Crippen LogP contribution >= 0.6 is 0 Å². The molecule has 9 nitrogen and oxygen atoms in total. The highest BCUT2D eigenvalue weighted by molar-refractivity contribution is 5.89. The quantitative estimate of drug-likeness (QED) is 0.0168. The Morgan fingerprint density at radius 1 is 0.667 bits per heavy atom. The van der Waals surface area contributed by atoms with Crippen LogP contribution in [-0.2, 0) is 28.6 Å². The molecular weight excluding hydrogens is 798 g/mol. The lowest BCUT2D eigenvalue weighted by molar-refractivity contribution is -0.167. The minimum Gasteiger partial charge on any atom is -0.494 e. The maximum absolute atomic E-state index is 13.7. The van der Waals surface area contributed by atoms with Gasteiger partial charge in [0.15, 0.2) is 0 Å². The molecule has 0 aliphatic rings. The SMILES string of the molecule is COC(=O)/C=C/c1ccc(OCCCCCCOC(=O)C(C)(CC(C)(CC(C)C)C(=O)OCCCCCCCCOc2ccc(/C(C#N)=C/c3ccc(F)cc3)cc2)C(C)C)cc1. The zero-order chi connectivity index (χ0) is 46.1. The maximum Gasteiger partial charge on any atom is 0.330 e. The molecule has 3 aromatic carbocycles. The molecule has 0 amide bonds. The fourth-order valence-electron chi connectivity index (χ4n) is 7.51. The Kier molecular flexibility index (Phi) is 22.7. The van der Waals surface area contributed by atoms with Gasteiger partial charge >= 0.3 is 17.9 Å². The van der Waals surface area contributed by atoms with Gasteiger partial charge in [-0.25, -0.2) is 9.18 Å². The third-order valence-electron chi connectivity index (χ3n) is 11.4. The van der Waals surface area contributed by atoms with Crippen LogP contribution in [0, 0.1) is 39.8 Å². The monoisotopic (exact) mass is 868 g/mol. The first-order valence-corrected chi connectivity index (χ1v) is 22.6. The molecule has 0 spiro atoms. The molecular formula is C53H70FNO8. The molecule has 10 heteroatoms. The summed E-state index contributed by atoms with van der Waals surface area (Å²) in [6, 6.07) is 23.2. The van der Waals surface area contributed by atoms with E-state index in [1.165, 1.54) is 25.3 Å². The first-order valence-electron chi connectivity index (χ1n) is 22.6. The Morgan fingerprint density at radius 3 is 1.63 bits per heavy atom. The highest BCUT2D eigenvalue weighted by atomic mass is 19.1. The van der Waals surface area contributed by atoms with Crippen molar-refractivity contribution in [3.63, 3.8) is 0 Å². The molecule has 0 aliphatic carbocycles. The first kappa shape index (κ1) is 51.9. The van der Waals surface area contributed by atoms with Gasteiger partial charge in [0.2, 0.25) is 0 Å². The molecule has 0 aromatic heterocycles. The second kappa shape index (κ2) is 27.6. The summed E-state index contributed by atoms with van der Waals surface area (Å²) in [5.74, 6) is 0.482. The van der Waals surface area contributed by atoms with Gasteiger partial charge in [-0.2, -0.15) is 5.26 Å². The normalized spacial score (nSPS) is 13.6. The molecule has 2 unspecified atom stereocenters. The van der Waals surface area contributed by atoms with Crippen molar-refractivity contribution in [1.82, 2.24) is 0 Å². The predicted molar refractivity (Wildman–Crippen MR) is 248 cm³/mol. The van der Waals surface area contributed by atoms with Gasteiger partial charge in [0.25, 0.3) is 0 Å². The number of benzene rings is 3. The number of unbranched alkanes of at least 4 members (excludes halogenated alkanes) is 8. The van der Waals surface area contributed by atoms with Crippen LogP contribution in [0.4, 0.5) is 4.39 Å². The molecule has 0 heterocycles. The molecule has 0 fully saturated rings. The van der Waals surface area contributed by atoms with Gasteiger partial charge in [-0.1, -0.05) is 77.6 Å². The fourth-order valence-corrected chi connectivity index (χ4v) is 7.51. The number of carbonyl (C=O) groups is 3. The van der Waals surface area contributed by atoms with Gasteiger partial charge < -0.3 is 23.7 Å². The van der Waals surface area contributed by atoms with Gasteiger partial charge in [0, 0.05) is 6.08 Å². The van der Waals surface area contributed by atoms with E-state index in [-0.39, 0.29) is 29.6 Å². The van der Waals surface area contributed by atoms with Crippen LogP contribution in [0.2, 0.25) is 0 Å². The molecule has 2 atom stereocenters. The molecule has 0 saturated heterocycles. The van der Waals surface area contributed by atoms with Crippen LogP contribution in [0.3, 0.4) is 0 Å². The van der Waals surface area contributed by atoms with E-state index in [2.05, 4.69) is 24.7 Å². The minimum absolute atomic E-state index is 0.0366. The Morgan fingerprint density at radius 2 is 1.14 bits per heavy atom. The lowest BCUT2D eigenvalue weighted by Gasteiger charge is -2.39. The topological polar surface area (TPSA) is 121 Å². The van der Waals surface area contributed by atoms with E-state index in [1.54, 1.807) is 24.3 Å². The molecule has 0 bridgehead atoms. The number of nitrogens with zero attached hydrogens (tertiary/aromatic N) is 1. The number of rotatable bonds is 29. The van der Waals surface area contributed by atoms with E-state index in [4.69, 9.17) is 18.9 Å². The smallest absolute Gasteiger partial charge is 0.330 e. The summed E-state index contributed by atoms with van der Waals surface area (Å²) in [7, 11) is 1.34. The van der Waals surface area contributed by atoms with Crippen molar-refractivity contribution >= 4 is 35.6 Å². The molecule has 0 saturated carbocycles. The van der Waals surface area contributed by atoms with Crippen LogP contribution in [0.15, 0.2) is 78.9 Å². The van der Waals surface area contributed by atoms with Gasteiger partial charge in [-0.15, -0.1) is 0 Å². The van der Waals surface area contributed by atoms with Gasteiger partial charge in [0.1, 0.15) is 17.3 Å². The summed E-state index contributed by atoms with van der Waals surface area (Å²) >= 11 is 0. The third-order valence-corrected chi connectivity index (χ3v) is 11.4. The zero-order valence-corrected chi connectivity index (χ0v) is 38.7. The molecule has 342 valence electrons. The number of esters is 3. The van der Waals surface area contributed by atoms with Crippen molar-refractivity contribution in [1.29, 1.82) is 5.26 Å². The van der Waals surface area contributed by atoms with Crippen LogP contribution in [0.25, 0.3) is 17.7 Å². The maximum atomic E-state index is 13.7. The predicted octanol–water partition coefficient (Wildman–Crippen LogP) is 12.6. The summed E-state index contributed by atoms with van der Waals surface area (Å²) < 4.78 is 41.4. The Balaban J connectivity index is 1.32. The largest absolute Gasteiger partial charge is 0.494 e. The number of methoxy groups -OCH3 is 1. The van der Waals surface area contributed by atoms with Crippen molar-refractivity contribution in [2.45, 2.75) is 119 Å². The van der Waals surface area contributed by atoms with Gasteiger partial charge in [0.05, 0.1) is 56.0 Å². The second-order valence-electron chi connectivity index (χ2n) is 17.6. The number of halogens is 1. The second-order valence-corrected chi connectivity index (χ2v) is 17.6. The van der Waals surface area contributed by atoms with Crippen molar-refractivity contribution < 1.29 is 42.5 Å². The Bertz CT molecular complexity index is 1930. The van der Waals surface area contributed by atoms with E-state index in [1.807, 2.05) is 76.2 Å². The number of carbonyl (C=O) groups excluding carboxylic acids is 3. The average Bonchev–Trinajstić information content (AvgIpc) is 3.26. The lowest BCUT2D eigenvalue weighted by Crippen LogP contribution is -2.44. The summed E-state index contributed by atoms with van der Waals surface area (Å²) in [6.45, 7) is 13.9. The molecule has 63 heavy (non-hydrogen) atoms. The highest BCUT2D eigenvalue weighted by Crippen LogP contribution is 2.45. The van der Waals surface area contributed by atoms with Gasteiger partial charge in [-0.05, 0) is 154 Å². The van der Waals surface area contributed by atoms with Crippen LogP contribution in [0.5, 0.6) is 11.5 Å². The van der Waals surface area contributed by atoms with Crippen LogP contribution in [0.1, 0.15) is 135 Å². The summed E-state index contributed by atoms with van der Waals surface area (Å²) in [5, 5.41) is 9.63. The van der Waals surface area contributed by atoms with Crippen molar-refractivity contribution in [2.24, 2.45) is 22.7 Å². The van der Waals surface area contributed by atoms with Gasteiger partial charge in [-0.3, -0.25) is 9.59 Å². The molecule has 0 aliphatic heterocycles. The third kappa shape index (κ3) is 18.8. The molecule has 3 aromatic rings. The summed E-state index contributed by atoms with van der Waals surface area (Å²) in [5.41, 5.74) is 1.22. The average molecular weight is 868 g/mol. The number of allylic oxidation sites excluding steroid dienone is 1. The molecule has 0 N–H and O–H groups in total. The van der Waals surface area contributed by atoms with E-state index >= 15 is 0 Å². The lowest BCUT2D eigenvalue weighted by atomic mass is 9.65. The Hall–Kier alpha value is -5.43. The highest BCUT2D eigenvalue weighted by Gasteiger charge is 2.48. The standard InChI is InChI=1S/C53H70FNO8/c1-40(2)37-52(5,39-53(6,41(3)4)51(58)63-35-17-13-12-15-33-60-47-27-20-42(21-28-47)22-31-49(56)59-7)50(57)62-34-16-11-9-8-10-14-32-61-48-29-23-44(24-30-48)45(38-55)36-43-18-25-46(54)26-19-43/h18-31,36,40-41H,8-17,32-35,37,39H2,1-7H3/b31-22+,45-36+. The van der Waals surface area contributed by atoms with Crippen molar-refractivity contribution in [2.75, 3.05) is 33.5 Å². The van der Waals surface area contributed by atoms with E-state index in [9.17, 15) is 24.0 Å². The number of hydrogen-bond acceptors (Lipinski definition) is 9. The Labute approximate surface area is 376 Å². The molecule has 0 radical (unpaired) electrons. The summed E-state index contributed by atoms with van der Waals surface area (Å²) in [6.07, 6.45) is 15.0. The van der Waals surface area contributed by atoms with Crippen molar-refractivity contribution in [3.8, 4) is 17.6 Å². The number of ether oxygens (including phenoxy) is 5. The van der Waals surface area contributed by atoms with E-state index < -0.39 is 16.8 Å². The number of hydrogen-bond donors (Lipinski definition) is 0. The van der Waals surface area contributed by atoms with Crippen LogP contribution < -0.4 is 9.47 Å². The molecule has 3 rings (SSSR count). The van der Waals surface area contributed by atoms with Crippen molar-refractivity contribution in [3.05, 3.63) is 101 Å². The summed E-state index contributed by atoms with van der Waals surface area (Å²) in [4.78, 5) is 38.6. The van der Waals surface area contributed by atoms with E-state index in [0.29, 0.717) is 44.8 Å². The van der Waals surface area contributed by atoms with E-state index in [0.717, 1.165) is 92.4 Å².